The fourth-order valence-electron chi connectivity index (χ4n) is 6.55. The van der Waals surface area contributed by atoms with Crippen LogP contribution in [0.4, 0.5) is 4.39 Å². The van der Waals surface area contributed by atoms with E-state index < -0.39 is 5.82 Å². The lowest BCUT2D eigenvalue weighted by Crippen LogP contribution is -2.64. The molecule has 2 aromatic carbocycles. The number of amides is 1. The van der Waals surface area contributed by atoms with E-state index in [1.54, 1.807) is 0 Å². The number of aryl methyl sites for hydroxylation is 1. The molecule has 208 valence electrons. The molecule has 2 saturated heterocycles. The smallest absolute Gasteiger partial charge is 0.240 e. The van der Waals surface area contributed by atoms with E-state index in [0.717, 1.165) is 65.2 Å². The highest BCUT2D eigenvalue weighted by molar-refractivity contribution is 5.94. The maximum Gasteiger partial charge on any atom is 0.240 e. The number of likely N-dealkylation sites (N-methyl/N-ethyl adjacent to an activating group) is 1. The Bertz CT molecular complexity index is 1600. The Balaban J connectivity index is 1.11. The van der Waals surface area contributed by atoms with Gasteiger partial charge < -0.3 is 15.0 Å². The Morgan fingerprint density at radius 3 is 2.75 bits per heavy atom. The molecule has 0 spiro atoms. The predicted molar refractivity (Wildman–Crippen MR) is 150 cm³/mol. The van der Waals surface area contributed by atoms with E-state index in [2.05, 4.69) is 25.0 Å². The summed E-state index contributed by atoms with van der Waals surface area (Å²) in [5.74, 6) is -0.101. The number of hydrogen-bond acceptors (Lipinski definition) is 6. The molecule has 3 aliphatic rings. The fourth-order valence-corrected chi connectivity index (χ4v) is 6.55. The molecule has 7 rings (SSSR count). The first-order valence-corrected chi connectivity index (χ1v) is 14.2. The van der Waals surface area contributed by atoms with Crippen LogP contribution in [0.5, 0.6) is 5.75 Å². The number of aromatic amines is 2. The van der Waals surface area contributed by atoms with Crippen LogP contribution in [-0.2, 0) is 24.2 Å². The maximum absolute atomic E-state index is 14.2. The number of carbonyl (C=O) groups is 1. The molecular formula is C30H34FN7O2. The second kappa shape index (κ2) is 9.71. The van der Waals surface area contributed by atoms with E-state index in [-0.39, 0.29) is 17.7 Å². The number of likely N-dealkylation sites (tertiary alicyclic amines) is 2. The number of phenolic OH excluding ortho intramolecular Hbond substituents is 1. The van der Waals surface area contributed by atoms with Crippen molar-refractivity contribution in [2.45, 2.75) is 51.2 Å². The average molecular weight is 544 g/mol. The monoisotopic (exact) mass is 543 g/mol. The normalized spacial score (nSPS) is 20.3. The molecule has 2 aromatic heterocycles. The number of H-pyrrole nitrogens is 2. The third kappa shape index (κ3) is 4.17. The zero-order valence-electron chi connectivity index (χ0n) is 22.9. The molecule has 2 fully saturated rings. The number of benzene rings is 2. The van der Waals surface area contributed by atoms with E-state index in [1.165, 1.54) is 25.0 Å². The molecule has 0 aliphatic carbocycles. The summed E-state index contributed by atoms with van der Waals surface area (Å²) in [6, 6.07) is 9.04. The van der Waals surface area contributed by atoms with Gasteiger partial charge in [0.2, 0.25) is 5.91 Å². The standard InChI is InChI=1S/C30H34FN7O2/c1-3-17-11-27(39)22(31)12-21(17)18-6-7-20-23(10-18)34-35-28(20)29-32-24-13-26(36(2)16-25(24)33-29)30(40)38-14-19(15-38)37-8-4-5-9-37/h6-7,10-12,19,26,39H,3-5,8-9,13-16H2,1-2H3,(H,32,33)(H,34,35). The van der Waals surface area contributed by atoms with Gasteiger partial charge in [0.05, 0.1) is 22.9 Å². The number of halogens is 1. The number of imidazole rings is 1. The number of fused-ring (bicyclic) bond motifs is 2. The molecule has 1 atom stereocenters. The van der Waals surface area contributed by atoms with Gasteiger partial charge >= 0.3 is 0 Å². The Hall–Kier alpha value is -3.76. The molecule has 3 aliphatic heterocycles. The van der Waals surface area contributed by atoms with Crippen molar-refractivity contribution in [3.05, 3.63) is 53.1 Å². The zero-order valence-corrected chi connectivity index (χ0v) is 22.9. The quantitative estimate of drug-likeness (QED) is 0.355. The number of aromatic nitrogens is 4. The van der Waals surface area contributed by atoms with Crippen molar-refractivity contribution in [1.29, 1.82) is 0 Å². The second-order valence-corrected chi connectivity index (χ2v) is 11.4. The number of nitrogens with zero attached hydrogens (tertiary/aromatic N) is 5. The number of hydrogen-bond donors (Lipinski definition) is 3. The van der Waals surface area contributed by atoms with Crippen LogP contribution in [-0.4, -0.2) is 91.2 Å². The number of nitrogens with one attached hydrogen (secondary N) is 2. The number of rotatable bonds is 5. The summed E-state index contributed by atoms with van der Waals surface area (Å²) in [4.78, 5) is 28.4. The molecule has 40 heavy (non-hydrogen) atoms. The SMILES string of the molecule is CCc1cc(O)c(F)cc1-c1ccc2c(-c3nc4c([nH]3)CN(C)C(C(=O)N3CC(N5CCCC5)C3)C4)n[nH]c2c1. The van der Waals surface area contributed by atoms with Crippen LogP contribution < -0.4 is 0 Å². The highest BCUT2D eigenvalue weighted by Gasteiger charge is 2.41. The molecule has 10 heteroatoms. The lowest BCUT2D eigenvalue weighted by molar-refractivity contribution is -0.144. The van der Waals surface area contributed by atoms with E-state index in [0.29, 0.717) is 36.9 Å². The number of aromatic hydroxyl groups is 1. The van der Waals surface area contributed by atoms with Crippen molar-refractivity contribution in [2.75, 3.05) is 33.2 Å². The van der Waals surface area contributed by atoms with Crippen LogP contribution >= 0.6 is 0 Å². The zero-order chi connectivity index (χ0) is 27.5. The summed E-state index contributed by atoms with van der Waals surface area (Å²) < 4.78 is 14.2. The predicted octanol–water partition coefficient (Wildman–Crippen LogP) is 3.69. The molecule has 4 aromatic rings. The van der Waals surface area contributed by atoms with E-state index in [4.69, 9.17) is 4.98 Å². The summed E-state index contributed by atoms with van der Waals surface area (Å²) in [5, 5.41) is 18.4. The fraction of sp³-hybridized carbons (Fsp3) is 0.433. The summed E-state index contributed by atoms with van der Waals surface area (Å²) in [5.41, 5.74) is 5.92. The molecule has 1 amide bonds. The van der Waals surface area contributed by atoms with Gasteiger partial charge in [0.15, 0.2) is 17.4 Å². The van der Waals surface area contributed by atoms with Gasteiger partial charge in [-0.1, -0.05) is 13.0 Å². The van der Waals surface area contributed by atoms with Crippen molar-refractivity contribution in [3.63, 3.8) is 0 Å². The number of carbonyl (C=O) groups excluding carboxylic acids is 1. The third-order valence-electron chi connectivity index (χ3n) is 8.96. The van der Waals surface area contributed by atoms with E-state index >= 15 is 0 Å². The van der Waals surface area contributed by atoms with Crippen LogP contribution in [0.3, 0.4) is 0 Å². The highest BCUT2D eigenvalue weighted by atomic mass is 19.1. The second-order valence-electron chi connectivity index (χ2n) is 11.4. The third-order valence-corrected chi connectivity index (χ3v) is 8.96. The molecule has 3 N–H and O–H groups in total. The van der Waals surface area contributed by atoms with Crippen LogP contribution in [0.2, 0.25) is 0 Å². The van der Waals surface area contributed by atoms with Crippen LogP contribution in [0, 0.1) is 5.82 Å². The molecule has 0 bridgehead atoms. The molecule has 9 nitrogen and oxygen atoms in total. The first-order chi connectivity index (χ1) is 19.4. The summed E-state index contributed by atoms with van der Waals surface area (Å²) in [6.45, 7) is 6.59. The molecule has 0 radical (unpaired) electrons. The summed E-state index contributed by atoms with van der Waals surface area (Å²) >= 11 is 0. The molecule has 5 heterocycles. The van der Waals surface area contributed by atoms with Gasteiger partial charge in [0, 0.05) is 37.5 Å². The van der Waals surface area contributed by atoms with Crippen molar-refractivity contribution < 1.29 is 14.3 Å². The van der Waals surface area contributed by atoms with Gasteiger partial charge in [-0.2, -0.15) is 5.10 Å². The molecule has 0 saturated carbocycles. The van der Waals surface area contributed by atoms with Crippen LogP contribution in [0.25, 0.3) is 33.5 Å². The Labute approximate surface area is 232 Å². The first-order valence-electron chi connectivity index (χ1n) is 14.2. The van der Waals surface area contributed by atoms with Gasteiger partial charge in [-0.25, -0.2) is 9.37 Å². The highest BCUT2D eigenvalue weighted by Crippen LogP contribution is 2.34. The van der Waals surface area contributed by atoms with Gasteiger partial charge in [-0.05, 0) is 80.4 Å². The molecule has 1 unspecified atom stereocenters. The Morgan fingerprint density at radius 2 is 1.98 bits per heavy atom. The lowest BCUT2D eigenvalue weighted by Gasteiger charge is -2.46. The van der Waals surface area contributed by atoms with Gasteiger partial charge in [-0.3, -0.25) is 19.7 Å². The summed E-state index contributed by atoms with van der Waals surface area (Å²) in [6.07, 6.45) is 3.78. The minimum Gasteiger partial charge on any atom is -0.505 e. The minimum absolute atomic E-state index is 0.197. The van der Waals surface area contributed by atoms with Crippen molar-refractivity contribution in [2.24, 2.45) is 0 Å². The van der Waals surface area contributed by atoms with E-state index in [1.807, 2.05) is 37.1 Å². The van der Waals surface area contributed by atoms with Crippen molar-refractivity contribution >= 4 is 16.8 Å². The number of phenols is 1. The average Bonchev–Trinajstić information content (AvgIpc) is 3.68. The van der Waals surface area contributed by atoms with Gasteiger partial charge in [-0.15, -0.1) is 0 Å². The topological polar surface area (TPSA) is 104 Å². The maximum atomic E-state index is 14.2. The van der Waals surface area contributed by atoms with Crippen molar-refractivity contribution in [1.82, 2.24) is 34.9 Å². The lowest BCUT2D eigenvalue weighted by atomic mass is 9.96. The van der Waals surface area contributed by atoms with Crippen LogP contribution in [0.1, 0.15) is 36.7 Å². The Morgan fingerprint density at radius 1 is 1.18 bits per heavy atom. The van der Waals surface area contributed by atoms with Gasteiger partial charge in [0.25, 0.3) is 0 Å². The molecular weight excluding hydrogens is 509 g/mol. The van der Waals surface area contributed by atoms with Crippen molar-refractivity contribution in [3.8, 4) is 28.4 Å². The first kappa shape index (κ1) is 25.2. The van der Waals surface area contributed by atoms with E-state index in [9.17, 15) is 14.3 Å². The Kier molecular flexibility index (Phi) is 6.12. The van der Waals surface area contributed by atoms with Gasteiger partial charge in [0.1, 0.15) is 5.69 Å². The van der Waals surface area contributed by atoms with Crippen LogP contribution in [0.15, 0.2) is 30.3 Å². The summed E-state index contributed by atoms with van der Waals surface area (Å²) in [7, 11) is 2.01. The minimum atomic E-state index is -0.638. The largest absolute Gasteiger partial charge is 0.505 e.